The summed E-state index contributed by atoms with van der Waals surface area (Å²) in [4.78, 5) is 15.2. The fourth-order valence-corrected chi connectivity index (χ4v) is 1.85. The van der Waals surface area contributed by atoms with Crippen LogP contribution in [0.1, 0.15) is 6.92 Å². The van der Waals surface area contributed by atoms with Crippen LogP contribution < -0.4 is 11.3 Å². The number of hydrogen-bond acceptors (Lipinski definition) is 4. The van der Waals surface area contributed by atoms with E-state index in [2.05, 4.69) is 10.4 Å². The van der Waals surface area contributed by atoms with Gasteiger partial charge in [-0.1, -0.05) is 18.5 Å². The van der Waals surface area contributed by atoms with Gasteiger partial charge in [-0.05, 0) is 12.1 Å². The molecule has 1 heterocycles. The highest BCUT2D eigenvalue weighted by Crippen LogP contribution is 2.19. The normalized spacial score (nSPS) is 12.2. The molecule has 0 aliphatic heterocycles. The van der Waals surface area contributed by atoms with Gasteiger partial charge in [0.05, 0.1) is 10.0 Å². The van der Waals surface area contributed by atoms with E-state index in [4.69, 9.17) is 17.4 Å². The van der Waals surface area contributed by atoms with E-state index in [1.165, 1.54) is 11.8 Å². The molecule has 1 rings (SSSR count). The Bertz CT molecular complexity index is 331. The van der Waals surface area contributed by atoms with Crippen LogP contribution in [0.5, 0.6) is 0 Å². The summed E-state index contributed by atoms with van der Waals surface area (Å²) in [6, 6.07) is 3.59. The lowest BCUT2D eigenvalue weighted by molar-refractivity contribution is -0.123. The maximum Gasteiger partial charge on any atom is 0.237 e. The smallest absolute Gasteiger partial charge is 0.237 e. The van der Waals surface area contributed by atoms with Crippen LogP contribution >= 0.6 is 23.4 Å². The van der Waals surface area contributed by atoms with E-state index < -0.39 is 0 Å². The Hall–Kier alpha value is -0.780. The molecular formula is C9H12ClN3OS. The minimum Gasteiger partial charge on any atom is -0.294 e. The third-order valence-corrected chi connectivity index (χ3v) is 3.20. The van der Waals surface area contributed by atoms with Crippen molar-refractivity contribution in [1.82, 2.24) is 10.4 Å². The summed E-state index contributed by atoms with van der Waals surface area (Å²) in [6.45, 7) is 1.81. The molecule has 4 nitrogen and oxygen atoms in total. The Balaban J connectivity index is 2.43. The topological polar surface area (TPSA) is 68.0 Å². The number of aromatic nitrogens is 1. The average Bonchev–Trinajstić information content (AvgIpc) is 2.26. The molecule has 0 saturated heterocycles. The van der Waals surface area contributed by atoms with Gasteiger partial charge >= 0.3 is 0 Å². The first-order chi connectivity index (χ1) is 7.13. The number of halogens is 1. The minimum atomic E-state index is -0.170. The highest BCUT2D eigenvalue weighted by Gasteiger charge is 2.11. The molecule has 3 N–H and O–H groups in total. The molecule has 0 spiro atoms. The Morgan fingerprint density at radius 1 is 1.73 bits per heavy atom. The summed E-state index contributed by atoms with van der Waals surface area (Å²) >= 11 is 7.19. The average molecular weight is 246 g/mol. The first-order valence-electron chi connectivity index (χ1n) is 4.38. The van der Waals surface area contributed by atoms with E-state index in [1.807, 2.05) is 13.0 Å². The monoisotopic (exact) mass is 245 g/mol. The molecule has 0 aromatic carbocycles. The molecular weight excluding hydrogens is 234 g/mol. The van der Waals surface area contributed by atoms with Crippen LogP contribution in [0, 0.1) is 5.92 Å². The highest BCUT2D eigenvalue weighted by molar-refractivity contribution is 7.99. The van der Waals surface area contributed by atoms with Crippen molar-refractivity contribution < 1.29 is 4.79 Å². The quantitative estimate of drug-likeness (QED) is 0.365. The third kappa shape index (κ3) is 4.07. The number of pyridine rings is 1. The van der Waals surface area contributed by atoms with Gasteiger partial charge in [-0.3, -0.25) is 10.2 Å². The first-order valence-corrected chi connectivity index (χ1v) is 5.74. The Morgan fingerprint density at radius 3 is 3.00 bits per heavy atom. The van der Waals surface area contributed by atoms with Gasteiger partial charge in [-0.2, -0.15) is 0 Å². The summed E-state index contributed by atoms with van der Waals surface area (Å²) < 4.78 is 0. The lowest BCUT2D eigenvalue weighted by atomic mass is 10.2. The van der Waals surface area contributed by atoms with Crippen molar-refractivity contribution in [1.29, 1.82) is 0 Å². The van der Waals surface area contributed by atoms with Gasteiger partial charge in [0.2, 0.25) is 5.91 Å². The molecule has 1 aromatic heterocycles. The predicted molar refractivity (Wildman–Crippen MR) is 61.5 cm³/mol. The lowest BCUT2D eigenvalue weighted by Crippen LogP contribution is -2.35. The largest absolute Gasteiger partial charge is 0.294 e. The van der Waals surface area contributed by atoms with Gasteiger partial charge in [0.25, 0.3) is 0 Å². The van der Waals surface area contributed by atoms with Crippen molar-refractivity contribution in [3.63, 3.8) is 0 Å². The highest BCUT2D eigenvalue weighted by atomic mass is 35.5. The van der Waals surface area contributed by atoms with E-state index in [0.717, 1.165) is 5.03 Å². The molecule has 0 fully saturated rings. The molecule has 1 aromatic rings. The first kappa shape index (κ1) is 12.3. The number of nitrogens with one attached hydrogen (secondary N) is 1. The second-order valence-electron chi connectivity index (χ2n) is 3.04. The van der Waals surface area contributed by atoms with Gasteiger partial charge in [-0.25, -0.2) is 10.8 Å². The van der Waals surface area contributed by atoms with E-state index in [9.17, 15) is 4.79 Å². The fourth-order valence-electron chi connectivity index (χ4n) is 0.876. The molecule has 1 atom stereocenters. The van der Waals surface area contributed by atoms with Crippen LogP contribution in [-0.4, -0.2) is 16.6 Å². The van der Waals surface area contributed by atoms with E-state index in [0.29, 0.717) is 10.8 Å². The van der Waals surface area contributed by atoms with Crippen molar-refractivity contribution in [3.05, 3.63) is 23.4 Å². The van der Waals surface area contributed by atoms with Crippen LogP contribution in [0.4, 0.5) is 0 Å². The zero-order chi connectivity index (χ0) is 11.3. The van der Waals surface area contributed by atoms with E-state index in [-0.39, 0.29) is 11.8 Å². The van der Waals surface area contributed by atoms with Crippen molar-refractivity contribution in [2.45, 2.75) is 11.9 Å². The molecule has 0 saturated carbocycles. The predicted octanol–water partition coefficient (Wildman–Crippen LogP) is 1.45. The number of carbonyl (C=O) groups is 1. The van der Waals surface area contributed by atoms with E-state index in [1.54, 1.807) is 12.3 Å². The standard InChI is InChI=1S/C9H12ClN3OS/c1-6(9(14)13-11)5-15-8-3-2-7(10)4-12-8/h2-4,6H,5,11H2,1H3,(H,13,14). The van der Waals surface area contributed by atoms with Gasteiger partial charge in [0.1, 0.15) is 0 Å². The summed E-state index contributed by atoms with van der Waals surface area (Å²) in [7, 11) is 0. The maximum absolute atomic E-state index is 11.1. The Morgan fingerprint density at radius 2 is 2.47 bits per heavy atom. The zero-order valence-electron chi connectivity index (χ0n) is 8.24. The van der Waals surface area contributed by atoms with Crippen LogP contribution in [0.15, 0.2) is 23.4 Å². The van der Waals surface area contributed by atoms with Crippen LogP contribution in [0.2, 0.25) is 5.02 Å². The summed E-state index contributed by atoms with van der Waals surface area (Å²) in [5.41, 5.74) is 2.12. The zero-order valence-corrected chi connectivity index (χ0v) is 9.81. The summed E-state index contributed by atoms with van der Waals surface area (Å²) in [5, 5.41) is 1.45. The second-order valence-corrected chi connectivity index (χ2v) is 4.51. The number of amides is 1. The number of nitrogens with two attached hydrogens (primary N) is 1. The van der Waals surface area contributed by atoms with Crippen LogP contribution in [0.25, 0.3) is 0 Å². The van der Waals surface area contributed by atoms with Crippen molar-refractivity contribution in [2.24, 2.45) is 11.8 Å². The molecule has 82 valence electrons. The number of rotatable bonds is 4. The lowest BCUT2D eigenvalue weighted by Gasteiger charge is -2.08. The third-order valence-electron chi connectivity index (χ3n) is 1.77. The minimum absolute atomic E-state index is 0.141. The van der Waals surface area contributed by atoms with Gasteiger partial charge in [0, 0.05) is 17.9 Å². The molecule has 0 aliphatic rings. The number of nitrogens with zero attached hydrogens (tertiary/aromatic N) is 1. The number of hydrogen-bond donors (Lipinski definition) is 2. The summed E-state index contributed by atoms with van der Waals surface area (Å²) in [5.74, 6) is 5.35. The van der Waals surface area contributed by atoms with Crippen LogP contribution in [0.3, 0.4) is 0 Å². The Labute approximate surface area is 97.6 Å². The van der Waals surface area contributed by atoms with Crippen molar-refractivity contribution >= 4 is 29.3 Å². The van der Waals surface area contributed by atoms with Crippen molar-refractivity contribution in [2.75, 3.05) is 5.75 Å². The second kappa shape index (κ2) is 5.95. The summed E-state index contributed by atoms with van der Waals surface area (Å²) in [6.07, 6.45) is 1.58. The van der Waals surface area contributed by atoms with Gasteiger partial charge in [-0.15, -0.1) is 11.8 Å². The fraction of sp³-hybridized carbons (Fsp3) is 0.333. The van der Waals surface area contributed by atoms with Gasteiger partial charge in [0.15, 0.2) is 0 Å². The van der Waals surface area contributed by atoms with E-state index >= 15 is 0 Å². The molecule has 6 heteroatoms. The van der Waals surface area contributed by atoms with Gasteiger partial charge < -0.3 is 0 Å². The number of hydrazine groups is 1. The molecule has 0 radical (unpaired) electrons. The Kier molecular flexibility index (Phi) is 4.87. The number of carbonyl (C=O) groups excluding carboxylic acids is 1. The molecule has 0 bridgehead atoms. The van der Waals surface area contributed by atoms with Crippen LogP contribution in [-0.2, 0) is 4.79 Å². The maximum atomic E-state index is 11.1. The molecule has 1 amide bonds. The number of thioether (sulfide) groups is 1. The molecule has 1 unspecified atom stereocenters. The SMILES string of the molecule is CC(CSc1ccc(Cl)cn1)C(=O)NN. The molecule has 0 aliphatic carbocycles. The van der Waals surface area contributed by atoms with Crippen molar-refractivity contribution in [3.8, 4) is 0 Å². The molecule has 15 heavy (non-hydrogen) atoms.